The summed E-state index contributed by atoms with van der Waals surface area (Å²) in [7, 11) is 0.101. The molecule has 0 saturated carbocycles. The molecule has 6 nitrogen and oxygen atoms in total. The smallest absolute Gasteiger partial charge is 0.264 e. The van der Waals surface area contributed by atoms with Crippen molar-refractivity contribution < 1.29 is 13.2 Å². The van der Waals surface area contributed by atoms with Gasteiger partial charge in [-0.25, -0.2) is 13.4 Å². The molecule has 0 fully saturated rings. The van der Waals surface area contributed by atoms with Crippen molar-refractivity contribution in [2.45, 2.75) is 24.8 Å². The highest BCUT2D eigenvalue weighted by molar-refractivity contribution is 7.92. The van der Waals surface area contributed by atoms with E-state index >= 15 is 0 Å². The third-order valence-electron chi connectivity index (χ3n) is 4.01. The number of aromatic nitrogens is 1. The zero-order chi connectivity index (χ0) is 17.5. The maximum absolute atomic E-state index is 13.2. The van der Waals surface area contributed by atoms with Gasteiger partial charge in [0.05, 0.1) is 11.4 Å². The van der Waals surface area contributed by atoms with Crippen molar-refractivity contribution in [2.75, 3.05) is 29.8 Å². The fourth-order valence-electron chi connectivity index (χ4n) is 2.81. The van der Waals surface area contributed by atoms with E-state index in [0.29, 0.717) is 11.6 Å². The van der Waals surface area contributed by atoms with Gasteiger partial charge >= 0.3 is 0 Å². The van der Waals surface area contributed by atoms with Crippen LogP contribution in [0.25, 0.3) is 0 Å². The first kappa shape index (κ1) is 16.6. The molecule has 1 aliphatic heterocycles. The largest absolute Gasteiger partial charge is 0.471 e. The van der Waals surface area contributed by atoms with Crippen LogP contribution < -0.4 is 13.9 Å². The Kier molecular flexibility index (Phi) is 4.13. The van der Waals surface area contributed by atoms with Crippen molar-refractivity contribution in [3.63, 3.8) is 0 Å². The number of aryl methyl sites for hydroxylation is 1. The molecule has 2 aromatic rings. The standard InChI is InChI=1S/C17H21N3O3S/c1-12-7-8-14(10-16(12)19(3)4)24(21,22)20-11-13(2)23-17-15(20)6-5-9-18-17/h5-10,13H,11H2,1-4H3/t13-/m0/s1. The zero-order valence-corrected chi connectivity index (χ0v) is 15.0. The van der Waals surface area contributed by atoms with Gasteiger partial charge in [0, 0.05) is 26.0 Å². The summed E-state index contributed by atoms with van der Waals surface area (Å²) in [6.07, 6.45) is 1.33. The lowest BCUT2D eigenvalue weighted by Crippen LogP contribution is -2.42. The molecule has 3 rings (SSSR count). The first-order valence-electron chi connectivity index (χ1n) is 7.73. The average Bonchev–Trinajstić information content (AvgIpc) is 2.53. The summed E-state index contributed by atoms with van der Waals surface area (Å²) in [5.74, 6) is 0.347. The second-order valence-electron chi connectivity index (χ2n) is 6.14. The lowest BCUT2D eigenvalue weighted by atomic mass is 10.2. The zero-order valence-electron chi connectivity index (χ0n) is 14.2. The number of hydrogen-bond acceptors (Lipinski definition) is 5. The Hall–Kier alpha value is -2.28. The molecule has 7 heteroatoms. The summed E-state index contributed by atoms with van der Waals surface area (Å²) in [6.45, 7) is 4.05. The second-order valence-corrected chi connectivity index (χ2v) is 8.00. The quantitative estimate of drug-likeness (QED) is 0.853. The Labute approximate surface area is 142 Å². The van der Waals surface area contributed by atoms with Gasteiger partial charge in [-0.2, -0.15) is 0 Å². The Morgan fingerprint density at radius 1 is 1.29 bits per heavy atom. The molecule has 24 heavy (non-hydrogen) atoms. The molecule has 0 aliphatic carbocycles. The predicted molar refractivity (Wildman–Crippen MR) is 94.4 cm³/mol. The second kappa shape index (κ2) is 5.98. The van der Waals surface area contributed by atoms with Crippen LogP contribution in [0.2, 0.25) is 0 Å². The minimum absolute atomic E-state index is 0.256. The summed E-state index contributed by atoms with van der Waals surface area (Å²) in [5.41, 5.74) is 2.38. The van der Waals surface area contributed by atoms with Crippen LogP contribution in [0.3, 0.4) is 0 Å². The lowest BCUT2D eigenvalue weighted by molar-refractivity contribution is 0.210. The van der Waals surface area contributed by atoms with Crippen molar-refractivity contribution in [1.82, 2.24) is 4.98 Å². The number of nitrogens with zero attached hydrogens (tertiary/aromatic N) is 3. The topological polar surface area (TPSA) is 62.7 Å². The Morgan fingerprint density at radius 3 is 2.75 bits per heavy atom. The van der Waals surface area contributed by atoms with E-state index in [9.17, 15) is 8.42 Å². The van der Waals surface area contributed by atoms with Crippen molar-refractivity contribution in [3.05, 3.63) is 42.1 Å². The molecule has 0 spiro atoms. The highest BCUT2D eigenvalue weighted by atomic mass is 32.2. The molecule has 1 aromatic carbocycles. The molecule has 1 aromatic heterocycles. The Morgan fingerprint density at radius 2 is 2.04 bits per heavy atom. The van der Waals surface area contributed by atoms with Crippen LogP contribution >= 0.6 is 0 Å². The molecule has 0 N–H and O–H groups in total. The highest BCUT2D eigenvalue weighted by Gasteiger charge is 2.33. The molecule has 0 radical (unpaired) electrons. The molecule has 2 heterocycles. The normalized spacial score (nSPS) is 17.2. The number of fused-ring (bicyclic) bond motifs is 1. The van der Waals surface area contributed by atoms with Crippen molar-refractivity contribution >= 4 is 21.4 Å². The van der Waals surface area contributed by atoms with Crippen molar-refractivity contribution in [2.24, 2.45) is 0 Å². The number of ether oxygens (including phenoxy) is 1. The monoisotopic (exact) mass is 347 g/mol. The van der Waals surface area contributed by atoms with E-state index in [4.69, 9.17) is 4.74 Å². The molecule has 0 unspecified atom stereocenters. The van der Waals surface area contributed by atoms with Gasteiger partial charge in [0.2, 0.25) is 5.88 Å². The minimum atomic E-state index is -3.69. The van der Waals surface area contributed by atoms with E-state index in [1.165, 1.54) is 4.31 Å². The Balaban J connectivity index is 2.10. The van der Waals surface area contributed by atoms with Gasteiger partial charge in [-0.05, 0) is 43.7 Å². The van der Waals surface area contributed by atoms with E-state index in [-0.39, 0.29) is 17.5 Å². The molecule has 128 valence electrons. The fraction of sp³-hybridized carbons (Fsp3) is 0.353. The average molecular weight is 347 g/mol. The summed E-state index contributed by atoms with van der Waals surface area (Å²) in [6, 6.07) is 8.61. The number of pyridine rings is 1. The molecule has 0 saturated heterocycles. The van der Waals surface area contributed by atoms with E-state index in [1.54, 1.807) is 30.5 Å². The van der Waals surface area contributed by atoms with Crippen molar-refractivity contribution in [1.29, 1.82) is 0 Å². The van der Waals surface area contributed by atoms with Gasteiger partial charge in [0.15, 0.2) is 0 Å². The first-order chi connectivity index (χ1) is 11.3. The van der Waals surface area contributed by atoms with Crippen LogP contribution in [0.5, 0.6) is 5.88 Å². The maximum atomic E-state index is 13.2. The molecule has 1 atom stereocenters. The summed E-state index contributed by atoms with van der Waals surface area (Å²) in [5, 5.41) is 0. The molecular formula is C17H21N3O3S. The van der Waals surface area contributed by atoms with Crippen LogP contribution in [0.4, 0.5) is 11.4 Å². The van der Waals surface area contributed by atoms with Crippen LogP contribution in [-0.4, -0.2) is 40.1 Å². The third kappa shape index (κ3) is 2.80. The van der Waals surface area contributed by atoms with E-state index in [0.717, 1.165) is 11.3 Å². The predicted octanol–water partition coefficient (Wildman–Crippen LogP) is 2.43. The fourth-order valence-corrected chi connectivity index (χ4v) is 4.37. The first-order valence-corrected chi connectivity index (χ1v) is 9.17. The summed E-state index contributed by atoms with van der Waals surface area (Å²) < 4.78 is 33.4. The maximum Gasteiger partial charge on any atom is 0.264 e. The van der Waals surface area contributed by atoms with Gasteiger partial charge in [-0.15, -0.1) is 0 Å². The number of benzene rings is 1. The van der Waals surface area contributed by atoms with E-state index < -0.39 is 10.0 Å². The molecule has 0 bridgehead atoms. The van der Waals surface area contributed by atoms with E-state index in [1.807, 2.05) is 38.9 Å². The van der Waals surface area contributed by atoms with Crippen LogP contribution in [-0.2, 0) is 10.0 Å². The van der Waals surface area contributed by atoms with Crippen molar-refractivity contribution in [3.8, 4) is 5.88 Å². The third-order valence-corrected chi connectivity index (χ3v) is 5.78. The SMILES string of the molecule is Cc1ccc(S(=O)(=O)N2C[C@H](C)Oc3ncccc32)cc1N(C)C. The Bertz CT molecular complexity index is 865. The molecule has 0 amide bonds. The summed E-state index contributed by atoms with van der Waals surface area (Å²) in [4.78, 5) is 6.32. The van der Waals surface area contributed by atoms with Crippen LogP contribution in [0.15, 0.2) is 41.4 Å². The lowest BCUT2D eigenvalue weighted by Gasteiger charge is -2.33. The van der Waals surface area contributed by atoms with Gasteiger partial charge in [-0.3, -0.25) is 4.31 Å². The van der Waals surface area contributed by atoms with Gasteiger partial charge in [-0.1, -0.05) is 6.07 Å². The number of rotatable bonds is 3. The minimum Gasteiger partial charge on any atom is -0.471 e. The van der Waals surface area contributed by atoms with Gasteiger partial charge < -0.3 is 9.64 Å². The van der Waals surface area contributed by atoms with Gasteiger partial charge in [0.25, 0.3) is 10.0 Å². The van der Waals surface area contributed by atoms with E-state index in [2.05, 4.69) is 4.98 Å². The molecule has 1 aliphatic rings. The number of sulfonamides is 1. The summed E-state index contributed by atoms with van der Waals surface area (Å²) >= 11 is 0. The van der Waals surface area contributed by atoms with Crippen LogP contribution in [0.1, 0.15) is 12.5 Å². The highest BCUT2D eigenvalue weighted by Crippen LogP contribution is 2.35. The number of anilines is 2. The van der Waals surface area contributed by atoms with Crippen LogP contribution in [0, 0.1) is 6.92 Å². The van der Waals surface area contributed by atoms with Gasteiger partial charge in [0.1, 0.15) is 11.8 Å². The molecular weight excluding hydrogens is 326 g/mol. The number of hydrogen-bond donors (Lipinski definition) is 0.